The second-order valence-electron chi connectivity index (χ2n) is 7.87. The van der Waals surface area contributed by atoms with Crippen molar-refractivity contribution >= 4 is 29.9 Å². The molecule has 2 aromatic rings. The maximum absolute atomic E-state index is 4.60. The van der Waals surface area contributed by atoms with Crippen LogP contribution in [0.2, 0.25) is 0 Å². The Hall–Kier alpha value is -1.58. The second kappa shape index (κ2) is 10.8. The van der Waals surface area contributed by atoms with E-state index in [-0.39, 0.29) is 24.0 Å². The molecule has 28 heavy (non-hydrogen) atoms. The summed E-state index contributed by atoms with van der Waals surface area (Å²) < 4.78 is 3.98. The zero-order chi connectivity index (χ0) is 20.1. The van der Waals surface area contributed by atoms with Crippen LogP contribution in [0.1, 0.15) is 49.3 Å². The van der Waals surface area contributed by atoms with Gasteiger partial charge in [0.2, 0.25) is 0 Å². The molecule has 1 N–H and O–H groups in total. The van der Waals surface area contributed by atoms with Gasteiger partial charge < -0.3 is 10.2 Å². The van der Waals surface area contributed by atoms with Crippen LogP contribution in [0.25, 0.3) is 0 Å². The van der Waals surface area contributed by atoms with Crippen molar-refractivity contribution in [3.05, 3.63) is 34.9 Å². The first-order chi connectivity index (χ1) is 12.7. The fraction of sp³-hybridized carbons (Fsp3) is 0.650. The third-order valence-corrected chi connectivity index (χ3v) is 4.66. The van der Waals surface area contributed by atoms with E-state index >= 15 is 0 Å². The van der Waals surface area contributed by atoms with Crippen molar-refractivity contribution in [1.82, 2.24) is 29.8 Å². The summed E-state index contributed by atoms with van der Waals surface area (Å²) in [6.45, 7) is 13.3. The highest BCUT2D eigenvalue weighted by atomic mass is 127. The van der Waals surface area contributed by atoms with Gasteiger partial charge in [0.25, 0.3) is 0 Å². The fourth-order valence-corrected chi connectivity index (χ4v) is 3.36. The summed E-state index contributed by atoms with van der Waals surface area (Å²) in [5, 5.41) is 12.7. The predicted molar refractivity (Wildman–Crippen MR) is 126 cm³/mol. The normalized spacial score (nSPS) is 12.8. The summed E-state index contributed by atoms with van der Waals surface area (Å²) in [6, 6.07) is 2.12. The summed E-state index contributed by atoms with van der Waals surface area (Å²) >= 11 is 0. The first-order valence-corrected chi connectivity index (χ1v) is 9.66. The molecule has 8 heteroatoms. The monoisotopic (exact) mass is 501 g/mol. The molecule has 2 rings (SSSR count). The number of aliphatic imine (C=N–C) groups is 1. The Balaban J connectivity index is 0.00000392. The number of rotatable bonds is 7. The van der Waals surface area contributed by atoms with Crippen molar-refractivity contribution < 1.29 is 0 Å². The number of nitrogens with one attached hydrogen (secondary N) is 1. The largest absolute Gasteiger partial charge is 0.356 e. The van der Waals surface area contributed by atoms with Crippen LogP contribution in [0.3, 0.4) is 0 Å². The summed E-state index contributed by atoms with van der Waals surface area (Å²) in [5.41, 5.74) is 4.67. The van der Waals surface area contributed by atoms with Crippen LogP contribution in [-0.4, -0.2) is 51.1 Å². The third kappa shape index (κ3) is 6.49. The molecule has 1 unspecified atom stereocenters. The highest BCUT2D eigenvalue weighted by molar-refractivity contribution is 14.0. The lowest BCUT2D eigenvalue weighted by Gasteiger charge is -2.24. The van der Waals surface area contributed by atoms with Crippen LogP contribution in [0, 0.1) is 19.8 Å². The molecular weight excluding hydrogens is 465 g/mol. The van der Waals surface area contributed by atoms with Gasteiger partial charge in [0.05, 0.1) is 11.4 Å². The van der Waals surface area contributed by atoms with Gasteiger partial charge in [-0.2, -0.15) is 10.2 Å². The average molecular weight is 501 g/mol. The molecule has 1 atom stereocenters. The Bertz CT molecular complexity index is 776. The van der Waals surface area contributed by atoms with Crippen LogP contribution in [0.4, 0.5) is 0 Å². The molecule has 0 saturated carbocycles. The van der Waals surface area contributed by atoms with E-state index in [1.807, 2.05) is 25.7 Å². The fourth-order valence-electron chi connectivity index (χ4n) is 3.36. The lowest BCUT2D eigenvalue weighted by atomic mass is 10.1. The number of nitrogens with zero attached hydrogens (tertiary/aromatic N) is 6. The van der Waals surface area contributed by atoms with Gasteiger partial charge in [-0.15, -0.1) is 24.0 Å². The summed E-state index contributed by atoms with van der Waals surface area (Å²) in [6.07, 6.45) is 2.10. The van der Waals surface area contributed by atoms with E-state index in [1.54, 1.807) is 0 Å². The highest BCUT2D eigenvalue weighted by Gasteiger charge is 2.16. The standard InChI is InChI=1S/C20H35N7.HI/c1-14(2)19-18(13-26(8)24-19)12-25(7)20(21-6)22-10-15(3)11-27-17(5)9-16(4)23-27;/h9,13-15H,10-12H2,1-8H3,(H,21,22);1H. The van der Waals surface area contributed by atoms with Crippen LogP contribution < -0.4 is 5.32 Å². The molecule has 0 aliphatic rings. The Labute approximate surface area is 186 Å². The molecule has 7 nitrogen and oxygen atoms in total. The van der Waals surface area contributed by atoms with Crippen molar-refractivity contribution in [2.24, 2.45) is 18.0 Å². The minimum atomic E-state index is 0. The molecule has 0 fully saturated rings. The predicted octanol–water partition coefficient (Wildman–Crippen LogP) is 3.32. The number of hydrogen-bond acceptors (Lipinski definition) is 3. The molecule has 0 bridgehead atoms. The van der Waals surface area contributed by atoms with E-state index < -0.39 is 0 Å². The van der Waals surface area contributed by atoms with Crippen LogP contribution in [0.15, 0.2) is 17.3 Å². The van der Waals surface area contributed by atoms with E-state index in [0.717, 1.165) is 37.0 Å². The number of guanidine groups is 1. The van der Waals surface area contributed by atoms with Gasteiger partial charge >= 0.3 is 0 Å². The quantitative estimate of drug-likeness (QED) is 0.359. The van der Waals surface area contributed by atoms with Gasteiger partial charge in [-0.1, -0.05) is 20.8 Å². The first kappa shape index (κ1) is 24.5. The maximum atomic E-state index is 4.60. The molecule has 0 amide bonds. The molecule has 0 aliphatic carbocycles. The van der Waals surface area contributed by atoms with Gasteiger partial charge in [0, 0.05) is 58.2 Å². The first-order valence-electron chi connectivity index (χ1n) is 9.66. The average Bonchev–Trinajstić information content (AvgIpc) is 3.09. The lowest BCUT2D eigenvalue weighted by Crippen LogP contribution is -2.41. The number of aromatic nitrogens is 4. The molecule has 0 aliphatic heterocycles. The van der Waals surface area contributed by atoms with Crippen molar-refractivity contribution in [3.8, 4) is 0 Å². The molecule has 0 saturated heterocycles. The summed E-state index contributed by atoms with van der Waals surface area (Å²) in [4.78, 5) is 6.60. The van der Waals surface area contributed by atoms with E-state index in [4.69, 9.17) is 0 Å². The minimum absolute atomic E-state index is 0. The molecular formula is C20H36IN7. The lowest BCUT2D eigenvalue weighted by molar-refractivity contribution is 0.418. The van der Waals surface area contributed by atoms with Gasteiger partial charge in [0.1, 0.15) is 0 Å². The molecule has 158 valence electrons. The van der Waals surface area contributed by atoms with E-state index in [9.17, 15) is 0 Å². The summed E-state index contributed by atoms with van der Waals surface area (Å²) in [5.74, 6) is 1.75. The number of hydrogen-bond donors (Lipinski definition) is 1. The van der Waals surface area contributed by atoms with Crippen molar-refractivity contribution in [3.63, 3.8) is 0 Å². The zero-order valence-corrected chi connectivity index (χ0v) is 20.9. The SMILES string of the molecule is CN=C(NCC(C)Cn1nc(C)cc1C)N(C)Cc1cn(C)nc1C(C)C.I. The Morgan fingerprint density at radius 1 is 1.25 bits per heavy atom. The topological polar surface area (TPSA) is 63.3 Å². The van der Waals surface area contributed by atoms with Crippen molar-refractivity contribution in [2.75, 3.05) is 20.6 Å². The Kier molecular flexibility index (Phi) is 9.46. The minimum Gasteiger partial charge on any atom is -0.356 e. The van der Waals surface area contributed by atoms with Crippen LogP contribution >= 0.6 is 24.0 Å². The molecule has 0 aromatic carbocycles. The van der Waals surface area contributed by atoms with Gasteiger partial charge in [-0.25, -0.2) is 0 Å². The molecule has 2 heterocycles. The van der Waals surface area contributed by atoms with E-state index in [2.05, 4.69) is 77.1 Å². The number of halogens is 1. The van der Waals surface area contributed by atoms with Gasteiger partial charge in [-0.05, 0) is 31.7 Å². The van der Waals surface area contributed by atoms with Crippen molar-refractivity contribution in [1.29, 1.82) is 0 Å². The van der Waals surface area contributed by atoms with Crippen LogP contribution in [0.5, 0.6) is 0 Å². The molecule has 0 spiro atoms. The Morgan fingerprint density at radius 3 is 2.46 bits per heavy atom. The van der Waals surface area contributed by atoms with Crippen LogP contribution in [-0.2, 0) is 20.1 Å². The third-order valence-electron chi connectivity index (χ3n) is 4.66. The molecule has 2 aromatic heterocycles. The highest BCUT2D eigenvalue weighted by Crippen LogP contribution is 2.18. The smallest absolute Gasteiger partial charge is 0.193 e. The van der Waals surface area contributed by atoms with Crippen molar-refractivity contribution in [2.45, 2.75) is 53.6 Å². The zero-order valence-electron chi connectivity index (χ0n) is 18.5. The van der Waals surface area contributed by atoms with E-state index in [0.29, 0.717) is 11.8 Å². The van der Waals surface area contributed by atoms with Gasteiger partial charge in [-0.3, -0.25) is 14.4 Å². The second-order valence-corrected chi connectivity index (χ2v) is 7.87. The van der Waals surface area contributed by atoms with E-state index in [1.165, 1.54) is 11.3 Å². The summed E-state index contributed by atoms with van der Waals surface area (Å²) in [7, 11) is 5.87. The number of aryl methyl sites for hydroxylation is 3. The molecule has 0 radical (unpaired) electrons. The maximum Gasteiger partial charge on any atom is 0.193 e. The Morgan fingerprint density at radius 2 is 1.93 bits per heavy atom. The van der Waals surface area contributed by atoms with Gasteiger partial charge in [0.15, 0.2) is 5.96 Å².